The van der Waals surface area contributed by atoms with Crippen LogP contribution in [-0.2, 0) is 14.8 Å². The van der Waals surface area contributed by atoms with Crippen LogP contribution in [0.25, 0.3) is 0 Å². The molecule has 1 aliphatic heterocycles. The van der Waals surface area contributed by atoms with E-state index in [1.165, 1.54) is 4.31 Å². The van der Waals surface area contributed by atoms with Crippen molar-refractivity contribution in [3.63, 3.8) is 0 Å². The van der Waals surface area contributed by atoms with E-state index in [4.69, 9.17) is 10.5 Å². The van der Waals surface area contributed by atoms with Crippen LogP contribution in [0.15, 0.2) is 17.0 Å². The molecule has 1 aromatic carbocycles. The molecule has 21 heavy (non-hydrogen) atoms. The minimum Gasteiger partial charge on any atom is -0.394 e. The summed E-state index contributed by atoms with van der Waals surface area (Å²) >= 11 is 0. The Morgan fingerprint density at radius 3 is 2.71 bits per heavy atom. The highest BCUT2D eigenvalue weighted by atomic mass is 32.2. The number of hydrogen-bond acceptors (Lipinski definition) is 4. The Labute approximate surface area is 122 Å². The van der Waals surface area contributed by atoms with E-state index in [-0.39, 0.29) is 19.0 Å². The lowest BCUT2D eigenvalue weighted by molar-refractivity contribution is 0.180. The Balaban J connectivity index is 2.32. The third-order valence-electron chi connectivity index (χ3n) is 3.55. The maximum atomic E-state index is 14.0. The number of nitrogen functional groups attached to an aromatic ring is 1. The molecule has 1 aromatic rings. The number of nitrogens with zero attached hydrogens (tertiary/aromatic N) is 1. The Kier molecular flexibility index (Phi) is 4.80. The summed E-state index contributed by atoms with van der Waals surface area (Å²) < 4.78 is 58.5. The number of sulfonamides is 1. The first-order valence-corrected chi connectivity index (χ1v) is 8.13. The van der Waals surface area contributed by atoms with Gasteiger partial charge in [0.25, 0.3) is 0 Å². The van der Waals surface area contributed by atoms with Crippen LogP contribution in [0, 0.1) is 17.6 Å². The van der Waals surface area contributed by atoms with Crippen molar-refractivity contribution in [2.75, 3.05) is 32.0 Å². The van der Waals surface area contributed by atoms with Gasteiger partial charge in [0.05, 0.1) is 6.61 Å². The van der Waals surface area contributed by atoms with Crippen molar-refractivity contribution in [2.24, 2.45) is 5.92 Å². The molecule has 5 nitrogen and oxygen atoms in total. The predicted octanol–water partition coefficient (Wildman–Crippen LogP) is 1.59. The summed E-state index contributed by atoms with van der Waals surface area (Å²) in [6, 6.07) is 1.77. The molecule has 1 atom stereocenters. The number of benzene rings is 1. The minimum atomic E-state index is -4.05. The largest absolute Gasteiger partial charge is 0.394 e. The first-order valence-electron chi connectivity index (χ1n) is 6.69. The first kappa shape index (κ1) is 16.1. The third-order valence-corrected chi connectivity index (χ3v) is 5.51. The lowest BCUT2D eigenvalue weighted by atomic mass is 10.1. The summed E-state index contributed by atoms with van der Waals surface area (Å²) in [4.78, 5) is -0.595. The van der Waals surface area contributed by atoms with Crippen molar-refractivity contribution in [3.05, 3.63) is 23.8 Å². The van der Waals surface area contributed by atoms with Gasteiger partial charge in [0, 0.05) is 19.7 Å². The van der Waals surface area contributed by atoms with Crippen LogP contribution >= 0.6 is 0 Å². The predicted molar refractivity (Wildman–Crippen MR) is 74.1 cm³/mol. The molecular weight excluding hydrogens is 302 g/mol. The normalized spacial score (nSPS) is 19.3. The van der Waals surface area contributed by atoms with Crippen LogP contribution in [0.2, 0.25) is 0 Å². The standard InChI is InChI=1S/C13H18F2N2O3S/c1-2-17(7-9-5-6-20-8-9)21(18,19)11-4-3-10(14)13(16)12(11)15/h3-4,9H,2,5-8,16H2,1H3. The SMILES string of the molecule is CCN(CC1CCOC1)S(=O)(=O)c1ccc(F)c(N)c1F. The molecule has 0 amide bonds. The number of anilines is 1. The first-order chi connectivity index (χ1) is 9.87. The average Bonchev–Trinajstić information content (AvgIpc) is 2.94. The molecule has 0 spiro atoms. The monoisotopic (exact) mass is 320 g/mol. The number of ether oxygens (including phenoxy) is 1. The van der Waals surface area contributed by atoms with Gasteiger partial charge in [0.15, 0.2) is 5.82 Å². The summed E-state index contributed by atoms with van der Waals surface area (Å²) in [5.41, 5.74) is 4.45. The quantitative estimate of drug-likeness (QED) is 0.836. The van der Waals surface area contributed by atoms with E-state index >= 15 is 0 Å². The zero-order valence-corrected chi connectivity index (χ0v) is 12.5. The molecule has 0 aliphatic carbocycles. The van der Waals surface area contributed by atoms with Crippen molar-refractivity contribution in [3.8, 4) is 0 Å². The fraction of sp³-hybridized carbons (Fsp3) is 0.538. The molecule has 1 saturated heterocycles. The van der Waals surface area contributed by atoms with Crippen molar-refractivity contribution in [1.82, 2.24) is 4.31 Å². The second-order valence-electron chi connectivity index (χ2n) is 4.96. The van der Waals surface area contributed by atoms with E-state index in [1.54, 1.807) is 6.92 Å². The van der Waals surface area contributed by atoms with Gasteiger partial charge in [-0.2, -0.15) is 4.31 Å². The molecule has 1 heterocycles. The Hall–Kier alpha value is -1.25. The summed E-state index contributed by atoms with van der Waals surface area (Å²) in [6.45, 7) is 3.18. The zero-order chi connectivity index (χ0) is 15.6. The number of halogens is 2. The lowest BCUT2D eigenvalue weighted by Gasteiger charge is -2.23. The average molecular weight is 320 g/mol. The summed E-state index contributed by atoms with van der Waals surface area (Å²) in [5, 5.41) is 0. The topological polar surface area (TPSA) is 72.6 Å². The molecule has 8 heteroatoms. The van der Waals surface area contributed by atoms with Gasteiger partial charge in [0.1, 0.15) is 16.4 Å². The maximum absolute atomic E-state index is 14.0. The Morgan fingerprint density at radius 2 is 2.14 bits per heavy atom. The molecule has 0 radical (unpaired) electrons. The smallest absolute Gasteiger partial charge is 0.246 e. The van der Waals surface area contributed by atoms with Gasteiger partial charge in [-0.3, -0.25) is 0 Å². The van der Waals surface area contributed by atoms with Gasteiger partial charge in [-0.1, -0.05) is 6.92 Å². The van der Waals surface area contributed by atoms with Crippen molar-refractivity contribution < 1.29 is 21.9 Å². The van der Waals surface area contributed by atoms with Gasteiger partial charge in [-0.05, 0) is 24.5 Å². The fourth-order valence-corrected chi connectivity index (χ4v) is 3.90. The van der Waals surface area contributed by atoms with Crippen molar-refractivity contribution in [2.45, 2.75) is 18.2 Å². The molecular formula is C13H18F2N2O3S. The highest BCUT2D eigenvalue weighted by Gasteiger charge is 2.31. The molecule has 0 saturated carbocycles. The van der Waals surface area contributed by atoms with E-state index in [1.807, 2.05) is 0 Å². The second-order valence-corrected chi connectivity index (χ2v) is 6.86. The minimum absolute atomic E-state index is 0.0839. The van der Waals surface area contributed by atoms with Crippen LogP contribution in [0.3, 0.4) is 0 Å². The van der Waals surface area contributed by atoms with E-state index in [2.05, 4.69) is 0 Å². The van der Waals surface area contributed by atoms with Gasteiger partial charge < -0.3 is 10.5 Å². The molecule has 0 aromatic heterocycles. The Morgan fingerprint density at radius 1 is 1.43 bits per heavy atom. The van der Waals surface area contributed by atoms with Crippen molar-refractivity contribution in [1.29, 1.82) is 0 Å². The maximum Gasteiger partial charge on any atom is 0.246 e. The number of rotatable bonds is 5. The van der Waals surface area contributed by atoms with Crippen LogP contribution in [0.5, 0.6) is 0 Å². The molecule has 2 N–H and O–H groups in total. The molecule has 2 rings (SSSR count). The summed E-state index contributed by atoms with van der Waals surface area (Å²) in [7, 11) is -4.05. The van der Waals surface area contributed by atoms with E-state index in [0.717, 1.165) is 18.6 Å². The van der Waals surface area contributed by atoms with Gasteiger partial charge in [0.2, 0.25) is 10.0 Å². The van der Waals surface area contributed by atoms with Crippen LogP contribution < -0.4 is 5.73 Å². The molecule has 1 aliphatic rings. The molecule has 0 bridgehead atoms. The lowest BCUT2D eigenvalue weighted by Crippen LogP contribution is -2.36. The van der Waals surface area contributed by atoms with Crippen LogP contribution in [0.1, 0.15) is 13.3 Å². The van der Waals surface area contributed by atoms with Gasteiger partial charge in [-0.25, -0.2) is 17.2 Å². The molecule has 118 valence electrons. The van der Waals surface area contributed by atoms with Crippen molar-refractivity contribution >= 4 is 15.7 Å². The third kappa shape index (κ3) is 3.17. The highest BCUT2D eigenvalue weighted by molar-refractivity contribution is 7.89. The van der Waals surface area contributed by atoms with E-state index in [9.17, 15) is 17.2 Å². The summed E-state index contributed by atoms with van der Waals surface area (Å²) in [6.07, 6.45) is 0.764. The van der Waals surface area contributed by atoms with Crippen LogP contribution in [0.4, 0.5) is 14.5 Å². The molecule has 1 fully saturated rings. The number of hydrogen-bond donors (Lipinski definition) is 1. The van der Waals surface area contributed by atoms with Gasteiger partial charge in [-0.15, -0.1) is 0 Å². The second kappa shape index (κ2) is 6.25. The highest BCUT2D eigenvalue weighted by Crippen LogP contribution is 2.26. The van der Waals surface area contributed by atoms with E-state index < -0.39 is 32.2 Å². The fourth-order valence-electron chi connectivity index (χ4n) is 2.30. The summed E-state index contributed by atoms with van der Waals surface area (Å²) in [5.74, 6) is -2.13. The van der Waals surface area contributed by atoms with E-state index in [0.29, 0.717) is 13.2 Å². The number of nitrogens with two attached hydrogens (primary N) is 1. The van der Waals surface area contributed by atoms with Crippen LogP contribution in [-0.4, -0.2) is 39.0 Å². The molecule has 1 unspecified atom stereocenters. The zero-order valence-electron chi connectivity index (χ0n) is 11.7. The Bertz CT molecular complexity index is 616. The van der Waals surface area contributed by atoms with Gasteiger partial charge >= 0.3 is 0 Å².